The first-order chi connectivity index (χ1) is 18.2. The van der Waals surface area contributed by atoms with E-state index in [9.17, 15) is 18.8 Å². The highest BCUT2D eigenvalue weighted by Crippen LogP contribution is 2.34. The Balaban J connectivity index is 1.93. The molecule has 7 nitrogen and oxygen atoms in total. The van der Waals surface area contributed by atoms with Crippen LogP contribution >= 0.6 is 27.3 Å². The van der Waals surface area contributed by atoms with E-state index < -0.39 is 40.3 Å². The van der Waals surface area contributed by atoms with E-state index in [2.05, 4.69) is 15.9 Å². The number of ether oxygens (including phenoxy) is 2. The van der Waals surface area contributed by atoms with Gasteiger partial charge in [0.25, 0.3) is 5.56 Å². The minimum Gasteiger partial charge on any atom is -0.484 e. The second-order valence-corrected chi connectivity index (χ2v) is 13.1. The molecule has 2 aromatic heterocycles. The van der Waals surface area contributed by atoms with Crippen LogP contribution in [0.1, 0.15) is 51.8 Å². The molecule has 2 aromatic carbocycles. The molecule has 0 N–H and O–H groups in total. The molecule has 206 valence electrons. The lowest BCUT2D eigenvalue weighted by atomic mass is 10.0. The molecule has 2 heterocycles. The van der Waals surface area contributed by atoms with Crippen LogP contribution in [0, 0.1) is 12.7 Å². The summed E-state index contributed by atoms with van der Waals surface area (Å²) in [7, 11) is 0. The number of thiophene rings is 1. The van der Waals surface area contributed by atoms with Gasteiger partial charge in [-0.25, -0.2) is 18.5 Å². The van der Waals surface area contributed by atoms with Gasteiger partial charge in [-0.1, -0.05) is 30.3 Å². The highest BCUT2D eigenvalue weighted by Gasteiger charge is 2.39. The van der Waals surface area contributed by atoms with Gasteiger partial charge in [-0.3, -0.25) is 9.36 Å². The minimum atomic E-state index is -1.60. The smallest absolute Gasteiger partial charge is 0.333 e. The zero-order valence-electron chi connectivity index (χ0n) is 22.6. The molecule has 0 aliphatic rings. The van der Waals surface area contributed by atoms with Crippen LogP contribution in [-0.4, -0.2) is 20.7 Å². The maximum atomic E-state index is 14.1. The van der Waals surface area contributed by atoms with E-state index >= 15 is 0 Å². The van der Waals surface area contributed by atoms with E-state index in [1.807, 2.05) is 30.3 Å². The van der Waals surface area contributed by atoms with E-state index in [0.717, 1.165) is 10.1 Å². The molecule has 0 saturated heterocycles. The fourth-order valence-corrected chi connectivity index (χ4v) is 5.88. The van der Waals surface area contributed by atoms with Crippen LogP contribution < -0.4 is 16.0 Å². The number of hydrogen-bond donors (Lipinski definition) is 0. The molecule has 0 aliphatic heterocycles. The molecular weight excluding hydrogens is 587 g/mol. The van der Waals surface area contributed by atoms with Crippen LogP contribution in [0.5, 0.6) is 5.75 Å². The Morgan fingerprint density at radius 3 is 2.23 bits per heavy atom. The lowest BCUT2D eigenvalue weighted by molar-refractivity contribution is -0.164. The van der Waals surface area contributed by atoms with Crippen LogP contribution in [0.15, 0.2) is 68.0 Å². The first-order valence-corrected chi connectivity index (χ1v) is 14.0. The van der Waals surface area contributed by atoms with Crippen molar-refractivity contribution < 1.29 is 18.7 Å². The quantitative estimate of drug-likeness (QED) is 0.227. The lowest BCUT2D eigenvalue weighted by Gasteiger charge is -2.30. The molecule has 4 aromatic rings. The first kappa shape index (κ1) is 28.8. The van der Waals surface area contributed by atoms with E-state index in [4.69, 9.17) is 9.47 Å². The molecule has 10 heteroatoms. The standard InChI is InChI=1S/C29H30BrFN2O5S/c1-17-22-24(34)33(29(5,6)26(35)38-28(2,3)4)27(36)32(25(22)39-23(17)30)16-21(18-10-8-7-9-11-18)37-20-14-12-19(31)13-15-20/h7-15,21H,16H2,1-6H3. The number of rotatable bonds is 7. The first-order valence-electron chi connectivity index (χ1n) is 12.4. The largest absolute Gasteiger partial charge is 0.484 e. The van der Waals surface area contributed by atoms with Gasteiger partial charge < -0.3 is 9.47 Å². The van der Waals surface area contributed by atoms with Crippen molar-refractivity contribution in [2.24, 2.45) is 0 Å². The zero-order valence-corrected chi connectivity index (χ0v) is 25.0. The number of aromatic nitrogens is 2. The number of carbonyl (C=O) groups is 1. The topological polar surface area (TPSA) is 79.5 Å². The summed E-state index contributed by atoms with van der Waals surface area (Å²) in [5.41, 5.74) is -2.21. The summed E-state index contributed by atoms with van der Waals surface area (Å²) < 4.78 is 28.5. The Morgan fingerprint density at radius 1 is 1.03 bits per heavy atom. The van der Waals surface area contributed by atoms with Crippen molar-refractivity contribution in [3.8, 4) is 5.75 Å². The Labute approximate surface area is 237 Å². The molecule has 0 radical (unpaired) electrons. The number of benzene rings is 2. The van der Waals surface area contributed by atoms with Crippen LogP contribution in [-0.2, 0) is 21.6 Å². The molecule has 0 saturated carbocycles. The van der Waals surface area contributed by atoms with Crippen molar-refractivity contribution in [2.75, 3.05) is 0 Å². The Hall–Kier alpha value is -3.24. The molecule has 1 unspecified atom stereocenters. The number of nitrogens with zero attached hydrogens (tertiary/aromatic N) is 2. The summed E-state index contributed by atoms with van der Waals surface area (Å²) in [5.74, 6) is -0.679. The highest BCUT2D eigenvalue weighted by atomic mass is 79.9. The Kier molecular flexibility index (Phi) is 7.91. The molecule has 0 aliphatic carbocycles. The second kappa shape index (κ2) is 10.7. The van der Waals surface area contributed by atoms with E-state index in [-0.39, 0.29) is 6.54 Å². The van der Waals surface area contributed by atoms with Gasteiger partial charge in [0.2, 0.25) is 0 Å². The van der Waals surface area contributed by atoms with Crippen molar-refractivity contribution in [1.82, 2.24) is 9.13 Å². The van der Waals surface area contributed by atoms with E-state index in [1.165, 1.54) is 54.0 Å². The summed E-state index contributed by atoms with van der Waals surface area (Å²) in [5, 5.41) is 0.330. The second-order valence-electron chi connectivity index (χ2n) is 10.7. The summed E-state index contributed by atoms with van der Waals surface area (Å²) in [6.45, 7) is 9.98. The van der Waals surface area contributed by atoms with Gasteiger partial charge in [0.05, 0.1) is 15.7 Å². The van der Waals surface area contributed by atoms with Gasteiger partial charge >= 0.3 is 11.7 Å². The van der Waals surface area contributed by atoms with Crippen molar-refractivity contribution in [2.45, 2.75) is 65.3 Å². The summed E-state index contributed by atoms with van der Waals surface area (Å²) in [6.07, 6.45) is -0.672. The van der Waals surface area contributed by atoms with E-state index in [1.54, 1.807) is 27.7 Å². The minimum absolute atomic E-state index is 0.0216. The number of carbonyl (C=O) groups excluding carboxylic acids is 1. The van der Waals surface area contributed by atoms with Crippen LogP contribution in [0.25, 0.3) is 10.2 Å². The third kappa shape index (κ3) is 5.86. The third-order valence-corrected chi connectivity index (χ3v) is 8.41. The molecule has 4 rings (SSSR count). The number of halogens is 2. The molecular formula is C29H30BrFN2O5S. The zero-order chi connectivity index (χ0) is 28.7. The van der Waals surface area contributed by atoms with Crippen LogP contribution in [0.2, 0.25) is 0 Å². The number of esters is 1. The summed E-state index contributed by atoms with van der Waals surface area (Å²) in [4.78, 5) is 41.6. The molecule has 0 amide bonds. The molecule has 39 heavy (non-hydrogen) atoms. The SMILES string of the molecule is Cc1c(Br)sc2c1c(=O)n(C(C)(C)C(=O)OC(C)(C)C)c(=O)n2CC(Oc1ccc(F)cc1)c1ccccc1. The van der Waals surface area contributed by atoms with Crippen molar-refractivity contribution >= 4 is 43.5 Å². The maximum Gasteiger partial charge on any atom is 0.333 e. The van der Waals surface area contributed by atoms with E-state index in [0.29, 0.717) is 25.3 Å². The average Bonchev–Trinajstić information content (AvgIpc) is 3.15. The monoisotopic (exact) mass is 616 g/mol. The molecule has 0 spiro atoms. The third-order valence-electron chi connectivity index (χ3n) is 6.22. The van der Waals surface area contributed by atoms with Gasteiger partial charge in [0.1, 0.15) is 33.6 Å². The number of fused-ring (bicyclic) bond motifs is 1. The number of aryl methyl sites for hydroxylation is 1. The average molecular weight is 618 g/mol. The van der Waals surface area contributed by atoms with Crippen molar-refractivity contribution in [3.63, 3.8) is 0 Å². The van der Waals surface area contributed by atoms with Gasteiger partial charge in [-0.05, 0) is 92.9 Å². The Bertz CT molecular complexity index is 1630. The fraction of sp³-hybridized carbons (Fsp3) is 0.345. The van der Waals surface area contributed by atoms with Gasteiger partial charge in [-0.15, -0.1) is 11.3 Å². The Morgan fingerprint density at radius 2 is 1.64 bits per heavy atom. The predicted molar refractivity (Wildman–Crippen MR) is 154 cm³/mol. The summed E-state index contributed by atoms with van der Waals surface area (Å²) in [6, 6.07) is 14.9. The highest BCUT2D eigenvalue weighted by molar-refractivity contribution is 9.11. The normalized spacial score (nSPS) is 12.9. The molecule has 0 fully saturated rings. The van der Waals surface area contributed by atoms with Gasteiger partial charge in [-0.2, -0.15) is 0 Å². The lowest BCUT2D eigenvalue weighted by Crippen LogP contribution is -2.54. The molecule has 0 bridgehead atoms. The van der Waals surface area contributed by atoms with Gasteiger partial charge in [0.15, 0.2) is 0 Å². The van der Waals surface area contributed by atoms with Crippen LogP contribution in [0.4, 0.5) is 4.39 Å². The summed E-state index contributed by atoms with van der Waals surface area (Å²) >= 11 is 4.78. The fourth-order valence-electron chi connectivity index (χ4n) is 4.19. The van der Waals surface area contributed by atoms with Crippen molar-refractivity contribution in [3.05, 3.63) is 96.2 Å². The number of hydrogen-bond acceptors (Lipinski definition) is 6. The van der Waals surface area contributed by atoms with Gasteiger partial charge in [0, 0.05) is 0 Å². The predicted octanol–water partition coefficient (Wildman–Crippen LogP) is 6.33. The maximum absolute atomic E-state index is 14.1. The van der Waals surface area contributed by atoms with Crippen LogP contribution in [0.3, 0.4) is 0 Å². The molecule has 1 atom stereocenters. The van der Waals surface area contributed by atoms with Crippen molar-refractivity contribution in [1.29, 1.82) is 0 Å².